The van der Waals surface area contributed by atoms with E-state index >= 15 is 0 Å². The van der Waals surface area contributed by atoms with E-state index in [9.17, 15) is 29.8 Å². The summed E-state index contributed by atoms with van der Waals surface area (Å²) in [6.07, 6.45) is 7.59. The van der Waals surface area contributed by atoms with Gasteiger partial charge in [-0.05, 0) is 86.7 Å². The standard InChI is InChI=1S/C28H26N4O8S2/c1-39-22-4-2-3-18(24(22)40-21-6-5-19(31(35)36)11-20(21)32(37)38)10-23-25(33)30(27(41)42-23)29-26(34)28-12-15-7-16(13-28)9-17(8-15)14-28/h2-6,10-11,15-17H,7-9,12-14H2,1H3,(H,29,34)/b23-10+. The van der Waals surface area contributed by atoms with Gasteiger partial charge in [-0.1, -0.05) is 23.9 Å². The first kappa shape index (κ1) is 28.1. The van der Waals surface area contributed by atoms with Crippen LogP contribution in [0.3, 0.4) is 0 Å². The second-order valence-corrected chi connectivity index (χ2v) is 13.0. The Morgan fingerprint density at radius 1 is 1.07 bits per heavy atom. The Kier molecular flexibility index (Phi) is 7.13. The lowest BCUT2D eigenvalue weighted by molar-refractivity contribution is -0.394. The molecule has 0 unspecified atom stereocenters. The Balaban J connectivity index is 1.27. The van der Waals surface area contributed by atoms with Gasteiger partial charge in [-0.25, -0.2) is 0 Å². The molecule has 2 aromatic rings. The number of amides is 2. The molecular weight excluding hydrogens is 584 g/mol. The van der Waals surface area contributed by atoms with Gasteiger partial charge in [-0.2, -0.15) is 5.01 Å². The molecule has 2 aromatic carbocycles. The van der Waals surface area contributed by atoms with Crippen molar-refractivity contribution in [2.45, 2.75) is 38.5 Å². The van der Waals surface area contributed by atoms with Crippen LogP contribution in [0.5, 0.6) is 17.2 Å². The fourth-order valence-electron chi connectivity index (χ4n) is 7.19. The van der Waals surface area contributed by atoms with Crippen LogP contribution in [-0.2, 0) is 9.59 Å². The lowest BCUT2D eigenvalue weighted by atomic mass is 9.49. The first-order valence-corrected chi connectivity index (χ1v) is 14.7. The van der Waals surface area contributed by atoms with Crippen LogP contribution < -0.4 is 14.9 Å². The molecule has 7 rings (SSSR count). The van der Waals surface area contributed by atoms with Crippen molar-refractivity contribution in [2.75, 3.05) is 7.11 Å². The Labute approximate surface area is 249 Å². The summed E-state index contributed by atoms with van der Waals surface area (Å²) in [4.78, 5) is 48.5. The van der Waals surface area contributed by atoms with Gasteiger partial charge in [0.25, 0.3) is 11.6 Å². The molecule has 4 saturated carbocycles. The molecular formula is C28H26N4O8S2. The molecule has 14 heteroatoms. The van der Waals surface area contributed by atoms with Crippen LogP contribution in [0.2, 0.25) is 0 Å². The topological polar surface area (TPSA) is 154 Å². The average molecular weight is 611 g/mol. The molecule has 1 heterocycles. The summed E-state index contributed by atoms with van der Waals surface area (Å²) in [6.45, 7) is 0. The number of rotatable bonds is 8. The zero-order chi connectivity index (χ0) is 29.8. The van der Waals surface area contributed by atoms with Gasteiger partial charge >= 0.3 is 5.69 Å². The van der Waals surface area contributed by atoms with Crippen LogP contribution in [0.15, 0.2) is 41.3 Å². The number of carbonyl (C=O) groups is 2. The molecule has 4 bridgehead atoms. The third-order valence-electron chi connectivity index (χ3n) is 8.60. The van der Waals surface area contributed by atoms with Gasteiger partial charge in [-0.15, -0.1) is 0 Å². The minimum Gasteiger partial charge on any atom is -0.493 e. The van der Waals surface area contributed by atoms with Crippen LogP contribution >= 0.6 is 24.0 Å². The normalized spacial score (nSPS) is 26.9. The Morgan fingerprint density at radius 3 is 2.33 bits per heavy atom. The van der Waals surface area contributed by atoms with E-state index < -0.39 is 32.5 Å². The third-order valence-corrected chi connectivity index (χ3v) is 9.91. The largest absolute Gasteiger partial charge is 0.493 e. The van der Waals surface area contributed by atoms with Crippen molar-refractivity contribution >= 4 is 57.6 Å². The molecule has 12 nitrogen and oxygen atoms in total. The summed E-state index contributed by atoms with van der Waals surface area (Å²) in [5.41, 5.74) is 1.62. The second-order valence-electron chi connectivity index (χ2n) is 11.3. The molecule has 0 aromatic heterocycles. The fraction of sp³-hybridized carbons (Fsp3) is 0.393. The van der Waals surface area contributed by atoms with Crippen molar-refractivity contribution in [3.05, 3.63) is 67.1 Å². The SMILES string of the molecule is COc1cccc(/C=C2/SC(=S)N(NC(=O)C34CC5CC(CC(C5)C3)C4)C2=O)c1Oc1ccc([N+](=O)[O-])cc1[N+](=O)[O-]. The van der Waals surface area contributed by atoms with E-state index in [0.717, 1.165) is 54.2 Å². The van der Waals surface area contributed by atoms with Gasteiger partial charge in [-0.3, -0.25) is 35.2 Å². The van der Waals surface area contributed by atoms with E-state index in [1.54, 1.807) is 18.2 Å². The van der Waals surface area contributed by atoms with Gasteiger partial charge in [0.05, 0.1) is 33.3 Å². The van der Waals surface area contributed by atoms with Gasteiger partial charge in [0.15, 0.2) is 15.8 Å². The maximum absolute atomic E-state index is 13.6. The average Bonchev–Trinajstić information content (AvgIpc) is 3.20. The van der Waals surface area contributed by atoms with Gasteiger partial charge in [0.2, 0.25) is 11.7 Å². The molecule has 218 valence electrons. The molecule has 4 aliphatic carbocycles. The molecule has 0 radical (unpaired) electrons. The molecule has 5 fully saturated rings. The molecule has 1 aliphatic heterocycles. The summed E-state index contributed by atoms with van der Waals surface area (Å²) in [6, 6.07) is 7.87. The maximum atomic E-state index is 13.6. The van der Waals surface area contributed by atoms with Gasteiger partial charge < -0.3 is 9.47 Å². The molecule has 2 amide bonds. The summed E-state index contributed by atoms with van der Waals surface area (Å²) in [7, 11) is 1.38. The number of para-hydroxylation sites is 1. The Morgan fingerprint density at radius 2 is 1.74 bits per heavy atom. The van der Waals surface area contributed by atoms with E-state index in [4.69, 9.17) is 21.7 Å². The minimum atomic E-state index is -0.783. The molecule has 42 heavy (non-hydrogen) atoms. The quantitative estimate of drug-likeness (QED) is 0.169. The number of hydrogen-bond donors (Lipinski definition) is 1. The molecule has 0 atom stereocenters. The highest BCUT2D eigenvalue weighted by molar-refractivity contribution is 8.26. The van der Waals surface area contributed by atoms with Crippen LogP contribution in [0.1, 0.15) is 44.1 Å². The van der Waals surface area contributed by atoms with Crippen LogP contribution in [-0.4, -0.2) is 38.1 Å². The van der Waals surface area contributed by atoms with Crippen molar-refractivity contribution in [1.29, 1.82) is 0 Å². The number of hydrogen-bond acceptors (Lipinski definition) is 10. The van der Waals surface area contributed by atoms with E-state index in [-0.39, 0.29) is 32.4 Å². The molecule has 1 saturated heterocycles. The molecule has 1 N–H and O–H groups in total. The lowest BCUT2D eigenvalue weighted by Gasteiger charge is -2.55. The van der Waals surface area contributed by atoms with Gasteiger partial charge in [0.1, 0.15) is 0 Å². The van der Waals surface area contributed by atoms with Crippen LogP contribution in [0.25, 0.3) is 6.08 Å². The zero-order valence-corrected chi connectivity index (χ0v) is 24.1. The van der Waals surface area contributed by atoms with Crippen LogP contribution in [0, 0.1) is 43.4 Å². The van der Waals surface area contributed by atoms with Crippen molar-refractivity contribution < 1.29 is 28.9 Å². The highest BCUT2D eigenvalue weighted by Crippen LogP contribution is 2.60. The number of ether oxygens (including phenoxy) is 2. The van der Waals surface area contributed by atoms with Gasteiger partial charge in [0, 0.05) is 11.6 Å². The zero-order valence-electron chi connectivity index (χ0n) is 22.4. The highest BCUT2D eigenvalue weighted by Gasteiger charge is 2.55. The first-order chi connectivity index (χ1) is 20.1. The number of thioether (sulfide) groups is 1. The lowest BCUT2D eigenvalue weighted by Crippen LogP contribution is -2.57. The Bertz CT molecular complexity index is 1540. The molecule has 5 aliphatic rings. The van der Waals surface area contributed by atoms with E-state index in [2.05, 4.69) is 5.43 Å². The number of thiocarbonyl (C=S) groups is 1. The maximum Gasteiger partial charge on any atom is 0.318 e. The summed E-state index contributed by atoms with van der Waals surface area (Å²) in [5, 5.41) is 23.9. The van der Waals surface area contributed by atoms with E-state index in [1.165, 1.54) is 32.4 Å². The highest BCUT2D eigenvalue weighted by atomic mass is 32.2. The Hall–Kier alpha value is -4.04. The monoisotopic (exact) mass is 610 g/mol. The third kappa shape index (κ3) is 4.98. The number of hydrazine groups is 1. The number of nitro benzene ring substituents is 2. The number of benzene rings is 2. The van der Waals surface area contributed by atoms with Crippen molar-refractivity contribution in [2.24, 2.45) is 23.2 Å². The number of nitrogens with zero attached hydrogens (tertiary/aromatic N) is 3. The van der Waals surface area contributed by atoms with E-state index in [1.807, 2.05) is 0 Å². The fourth-order valence-corrected chi connectivity index (χ4v) is 8.36. The number of nitro groups is 2. The minimum absolute atomic E-state index is 0.0554. The summed E-state index contributed by atoms with van der Waals surface area (Å²) in [5.74, 6) is 1.04. The van der Waals surface area contributed by atoms with Crippen molar-refractivity contribution in [3.63, 3.8) is 0 Å². The van der Waals surface area contributed by atoms with Crippen LogP contribution in [0.4, 0.5) is 11.4 Å². The number of carbonyl (C=O) groups excluding carboxylic acids is 2. The van der Waals surface area contributed by atoms with E-state index in [0.29, 0.717) is 23.3 Å². The number of non-ortho nitro benzene ring substituents is 1. The smallest absolute Gasteiger partial charge is 0.318 e. The second kappa shape index (κ2) is 10.7. The molecule has 0 spiro atoms. The predicted molar refractivity (Wildman–Crippen MR) is 157 cm³/mol. The summed E-state index contributed by atoms with van der Waals surface area (Å²) >= 11 is 6.48. The predicted octanol–water partition coefficient (Wildman–Crippen LogP) is 5.75. The summed E-state index contributed by atoms with van der Waals surface area (Å²) < 4.78 is 11.5. The van der Waals surface area contributed by atoms with Crippen molar-refractivity contribution in [3.8, 4) is 17.2 Å². The number of nitrogens with one attached hydrogen (secondary N) is 1. The first-order valence-electron chi connectivity index (χ1n) is 13.4. The van der Waals surface area contributed by atoms with Crippen molar-refractivity contribution in [1.82, 2.24) is 10.4 Å². The number of methoxy groups -OCH3 is 1.